The van der Waals surface area contributed by atoms with E-state index >= 15 is 0 Å². The number of hydrogen-bond acceptors (Lipinski definition) is 4. The molecule has 1 heterocycles. The normalized spacial score (nSPS) is 10.6. The molecular formula is C14H21NO3S. The smallest absolute Gasteiger partial charge is 0.350 e. The van der Waals surface area contributed by atoms with E-state index in [1.54, 1.807) is 4.90 Å². The van der Waals surface area contributed by atoms with Gasteiger partial charge in [-0.2, -0.15) is 0 Å². The number of esters is 1. The lowest BCUT2D eigenvalue weighted by atomic mass is 10.2. The highest BCUT2D eigenvalue weighted by Crippen LogP contribution is 2.32. The van der Waals surface area contributed by atoms with Crippen molar-refractivity contribution < 1.29 is 14.3 Å². The highest BCUT2D eigenvalue weighted by Gasteiger charge is 2.26. The van der Waals surface area contributed by atoms with E-state index < -0.39 is 0 Å². The van der Waals surface area contributed by atoms with E-state index in [2.05, 4.69) is 0 Å². The topological polar surface area (TPSA) is 46.6 Å². The standard InChI is InChI=1S/C14H21NO3S/c1-6-7-12(16)15(9(2)3)11-8-10(4)19-13(11)14(17)18-5/h8-9H,6-7H2,1-5H3. The maximum Gasteiger partial charge on any atom is 0.350 e. The van der Waals surface area contributed by atoms with Crippen LogP contribution in [0.2, 0.25) is 0 Å². The maximum atomic E-state index is 12.2. The van der Waals surface area contributed by atoms with Crippen LogP contribution in [0.1, 0.15) is 48.2 Å². The molecule has 0 aromatic carbocycles. The molecule has 5 heteroatoms. The highest BCUT2D eigenvalue weighted by molar-refractivity contribution is 7.14. The first kappa shape index (κ1) is 15.7. The van der Waals surface area contributed by atoms with Crippen LogP contribution in [0, 0.1) is 6.92 Å². The summed E-state index contributed by atoms with van der Waals surface area (Å²) >= 11 is 1.36. The molecule has 0 radical (unpaired) electrons. The summed E-state index contributed by atoms with van der Waals surface area (Å²) in [4.78, 5) is 27.2. The Kier molecular flexibility index (Phi) is 5.54. The molecule has 0 fully saturated rings. The zero-order chi connectivity index (χ0) is 14.6. The van der Waals surface area contributed by atoms with Gasteiger partial charge >= 0.3 is 5.97 Å². The minimum absolute atomic E-state index is 0.0106. The Bertz CT molecular complexity index is 465. The third kappa shape index (κ3) is 3.56. The zero-order valence-electron chi connectivity index (χ0n) is 12.1. The molecular weight excluding hydrogens is 262 g/mol. The van der Waals surface area contributed by atoms with Crippen LogP contribution >= 0.6 is 11.3 Å². The van der Waals surface area contributed by atoms with E-state index in [1.165, 1.54) is 18.4 Å². The van der Waals surface area contributed by atoms with Gasteiger partial charge in [0.2, 0.25) is 5.91 Å². The fourth-order valence-electron chi connectivity index (χ4n) is 1.95. The molecule has 0 atom stereocenters. The number of amides is 1. The summed E-state index contributed by atoms with van der Waals surface area (Å²) < 4.78 is 4.79. The molecule has 0 unspecified atom stereocenters. The number of anilines is 1. The molecule has 1 aromatic rings. The van der Waals surface area contributed by atoms with Crippen LogP contribution in [0.15, 0.2) is 6.07 Å². The van der Waals surface area contributed by atoms with Crippen molar-refractivity contribution in [3.05, 3.63) is 15.8 Å². The summed E-state index contributed by atoms with van der Waals surface area (Å²) in [6.45, 7) is 7.78. The summed E-state index contributed by atoms with van der Waals surface area (Å²) in [6.07, 6.45) is 1.27. The SMILES string of the molecule is CCCC(=O)N(c1cc(C)sc1C(=O)OC)C(C)C. The number of hydrogen-bond donors (Lipinski definition) is 0. The number of nitrogens with zero attached hydrogens (tertiary/aromatic N) is 1. The van der Waals surface area contributed by atoms with E-state index in [0.717, 1.165) is 11.3 Å². The van der Waals surface area contributed by atoms with E-state index in [1.807, 2.05) is 33.8 Å². The lowest BCUT2D eigenvalue weighted by Crippen LogP contribution is -2.37. The van der Waals surface area contributed by atoms with E-state index in [4.69, 9.17) is 4.74 Å². The molecule has 0 aliphatic rings. The minimum Gasteiger partial charge on any atom is -0.465 e. The number of thiophene rings is 1. The third-order valence-corrected chi connectivity index (χ3v) is 3.73. The second-order valence-corrected chi connectivity index (χ2v) is 5.93. The number of methoxy groups -OCH3 is 1. The molecule has 1 amide bonds. The van der Waals surface area contributed by atoms with Gasteiger partial charge in [-0.25, -0.2) is 4.79 Å². The molecule has 0 saturated carbocycles. The summed E-state index contributed by atoms with van der Waals surface area (Å²) in [7, 11) is 1.36. The first-order valence-electron chi connectivity index (χ1n) is 6.43. The zero-order valence-corrected chi connectivity index (χ0v) is 13.0. The lowest BCUT2D eigenvalue weighted by molar-refractivity contribution is -0.119. The van der Waals surface area contributed by atoms with Crippen molar-refractivity contribution in [2.75, 3.05) is 12.0 Å². The molecule has 0 N–H and O–H groups in total. The second kappa shape index (κ2) is 6.70. The van der Waals surface area contributed by atoms with Crippen molar-refractivity contribution in [1.82, 2.24) is 0 Å². The van der Waals surface area contributed by atoms with Crippen molar-refractivity contribution in [3.63, 3.8) is 0 Å². The fourth-order valence-corrected chi connectivity index (χ4v) is 2.87. The molecule has 0 saturated heterocycles. The van der Waals surface area contributed by atoms with Crippen LogP contribution in [-0.4, -0.2) is 25.0 Å². The molecule has 1 aromatic heterocycles. The maximum absolute atomic E-state index is 12.2. The Morgan fingerprint density at radius 1 is 1.42 bits per heavy atom. The van der Waals surface area contributed by atoms with Crippen molar-refractivity contribution in [3.8, 4) is 0 Å². The Hall–Kier alpha value is -1.36. The van der Waals surface area contributed by atoms with Gasteiger partial charge in [0.15, 0.2) is 0 Å². The third-order valence-electron chi connectivity index (χ3n) is 2.71. The summed E-state index contributed by atoms with van der Waals surface area (Å²) in [5, 5.41) is 0. The first-order valence-corrected chi connectivity index (χ1v) is 7.24. The van der Waals surface area contributed by atoms with Gasteiger partial charge in [0.25, 0.3) is 0 Å². The molecule has 0 bridgehead atoms. The number of aryl methyl sites for hydroxylation is 1. The van der Waals surface area contributed by atoms with Crippen molar-refractivity contribution in [1.29, 1.82) is 0 Å². The Morgan fingerprint density at radius 2 is 2.05 bits per heavy atom. The number of rotatable bonds is 5. The molecule has 0 aliphatic heterocycles. The van der Waals surface area contributed by atoms with Gasteiger partial charge in [-0.3, -0.25) is 4.79 Å². The quantitative estimate of drug-likeness (QED) is 0.778. The Labute approximate surface area is 118 Å². The fraction of sp³-hybridized carbons (Fsp3) is 0.571. The molecule has 0 spiro atoms. The lowest BCUT2D eigenvalue weighted by Gasteiger charge is -2.26. The van der Waals surface area contributed by atoms with Crippen LogP contribution in [-0.2, 0) is 9.53 Å². The largest absolute Gasteiger partial charge is 0.465 e. The second-order valence-electron chi connectivity index (χ2n) is 4.67. The molecule has 106 valence electrons. The van der Waals surface area contributed by atoms with Gasteiger partial charge in [0, 0.05) is 17.3 Å². The van der Waals surface area contributed by atoms with Gasteiger partial charge in [-0.1, -0.05) is 6.92 Å². The van der Waals surface area contributed by atoms with Gasteiger partial charge < -0.3 is 9.64 Å². The van der Waals surface area contributed by atoms with Crippen molar-refractivity contribution in [2.24, 2.45) is 0 Å². The predicted molar refractivity (Wildman–Crippen MR) is 77.9 cm³/mol. The Morgan fingerprint density at radius 3 is 2.53 bits per heavy atom. The van der Waals surface area contributed by atoms with Crippen molar-refractivity contribution in [2.45, 2.75) is 46.6 Å². The van der Waals surface area contributed by atoms with Crippen LogP contribution in [0.3, 0.4) is 0 Å². The summed E-state index contributed by atoms with van der Waals surface area (Å²) in [6, 6.07) is 1.89. The van der Waals surface area contributed by atoms with Crippen LogP contribution in [0.4, 0.5) is 5.69 Å². The molecule has 0 aliphatic carbocycles. The van der Waals surface area contributed by atoms with Crippen molar-refractivity contribution >= 4 is 28.9 Å². The van der Waals surface area contributed by atoms with E-state index in [-0.39, 0.29) is 17.9 Å². The van der Waals surface area contributed by atoms with Crippen LogP contribution in [0.5, 0.6) is 0 Å². The van der Waals surface area contributed by atoms with Crippen LogP contribution < -0.4 is 4.90 Å². The highest BCUT2D eigenvalue weighted by atomic mass is 32.1. The average molecular weight is 283 g/mol. The van der Waals surface area contributed by atoms with Crippen LogP contribution in [0.25, 0.3) is 0 Å². The monoisotopic (exact) mass is 283 g/mol. The van der Waals surface area contributed by atoms with Gasteiger partial charge in [-0.15, -0.1) is 11.3 Å². The van der Waals surface area contributed by atoms with Gasteiger partial charge in [0.1, 0.15) is 4.88 Å². The number of carbonyl (C=O) groups excluding carboxylic acids is 2. The van der Waals surface area contributed by atoms with E-state index in [9.17, 15) is 9.59 Å². The number of ether oxygens (including phenoxy) is 1. The molecule has 4 nitrogen and oxygen atoms in total. The van der Waals surface area contributed by atoms with Gasteiger partial charge in [-0.05, 0) is 33.3 Å². The van der Waals surface area contributed by atoms with E-state index in [0.29, 0.717) is 17.0 Å². The molecule has 19 heavy (non-hydrogen) atoms. The predicted octanol–water partition coefficient (Wildman–Crippen LogP) is 3.38. The summed E-state index contributed by atoms with van der Waals surface area (Å²) in [5.74, 6) is -0.344. The molecule has 1 rings (SSSR count). The Balaban J connectivity index is 3.23. The summed E-state index contributed by atoms with van der Waals surface area (Å²) in [5.41, 5.74) is 0.669. The minimum atomic E-state index is -0.386. The number of carbonyl (C=O) groups is 2. The first-order chi connectivity index (χ1) is 8.92. The van der Waals surface area contributed by atoms with Gasteiger partial charge in [0.05, 0.1) is 12.8 Å². The average Bonchev–Trinajstić information content (AvgIpc) is 2.70.